The molecule has 0 aliphatic heterocycles. The summed E-state index contributed by atoms with van der Waals surface area (Å²) in [5.74, 6) is 0.664. The molecule has 0 amide bonds. The molecule has 5 unspecified atom stereocenters. The molecular formula is C19H26O4. The lowest BCUT2D eigenvalue weighted by Crippen LogP contribution is -2.54. The predicted octanol–water partition coefficient (Wildman–Crippen LogP) is 2.79. The standard InChI is InChI=1S/C19H26O4/c1-23-18(21)16-15(20)10-19(22)14-9-5-4-7-12(14)11-6-2-3-8-13(11)17(16)19/h11-14,22H,2-10H2,1H3. The SMILES string of the molecule is COC(=O)C1=C2C3CCCCC3C3CCCCC3C2(O)CC1=O. The Morgan fingerprint density at radius 1 is 1.09 bits per heavy atom. The van der Waals surface area contributed by atoms with E-state index in [4.69, 9.17) is 4.74 Å². The largest absolute Gasteiger partial charge is 0.465 e. The highest BCUT2D eigenvalue weighted by Crippen LogP contribution is 2.61. The predicted molar refractivity (Wildman–Crippen MR) is 84.5 cm³/mol. The molecule has 0 aromatic carbocycles. The van der Waals surface area contributed by atoms with Gasteiger partial charge < -0.3 is 9.84 Å². The van der Waals surface area contributed by atoms with E-state index in [9.17, 15) is 14.7 Å². The third kappa shape index (κ3) is 2.07. The second kappa shape index (κ2) is 5.44. The number of ketones is 1. The normalized spacial score (nSPS) is 42.8. The van der Waals surface area contributed by atoms with Crippen LogP contribution in [0.4, 0.5) is 0 Å². The minimum atomic E-state index is -1.08. The summed E-state index contributed by atoms with van der Waals surface area (Å²) in [7, 11) is 1.32. The Morgan fingerprint density at radius 3 is 2.48 bits per heavy atom. The third-order valence-corrected chi connectivity index (χ3v) is 7.01. The zero-order valence-corrected chi connectivity index (χ0v) is 13.8. The van der Waals surface area contributed by atoms with Gasteiger partial charge in [0, 0.05) is 6.42 Å². The average molecular weight is 318 g/mol. The van der Waals surface area contributed by atoms with Crippen LogP contribution in [0.15, 0.2) is 11.1 Å². The molecule has 1 N–H and O–H groups in total. The van der Waals surface area contributed by atoms with Gasteiger partial charge in [-0.2, -0.15) is 0 Å². The van der Waals surface area contributed by atoms with Gasteiger partial charge in [-0.25, -0.2) is 4.79 Å². The van der Waals surface area contributed by atoms with Gasteiger partial charge in [0.25, 0.3) is 0 Å². The Hall–Kier alpha value is -1.16. The maximum absolute atomic E-state index is 12.6. The van der Waals surface area contributed by atoms with Crippen molar-refractivity contribution in [2.75, 3.05) is 7.11 Å². The molecule has 126 valence electrons. The van der Waals surface area contributed by atoms with Crippen LogP contribution < -0.4 is 0 Å². The molecule has 4 aliphatic rings. The van der Waals surface area contributed by atoms with Crippen molar-refractivity contribution in [3.63, 3.8) is 0 Å². The third-order valence-electron chi connectivity index (χ3n) is 7.01. The van der Waals surface area contributed by atoms with Crippen molar-refractivity contribution in [3.8, 4) is 0 Å². The van der Waals surface area contributed by atoms with Gasteiger partial charge in [0.15, 0.2) is 5.78 Å². The van der Waals surface area contributed by atoms with Crippen LogP contribution in [0.2, 0.25) is 0 Å². The highest BCUT2D eigenvalue weighted by atomic mass is 16.5. The number of Topliss-reactive ketones (excluding diaryl/α,β-unsaturated/α-hetero) is 1. The number of carbonyl (C=O) groups excluding carboxylic acids is 2. The molecule has 4 nitrogen and oxygen atoms in total. The summed E-state index contributed by atoms with van der Waals surface area (Å²) >= 11 is 0. The first-order valence-corrected chi connectivity index (χ1v) is 9.16. The summed E-state index contributed by atoms with van der Waals surface area (Å²) in [4.78, 5) is 24.8. The molecule has 0 aromatic rings. The van der Waals surface area contributed by atoms with Gasteiger partial charge >= 0.3 is 5.97 Å². The molecule has 0 saturated heterocycles. The summed E-state index contributed by atoms with van der Waals surface area (Å²) in [5.41, 5.74) is -0.123. The Bertz CT molecular complexity index is 578. The lowest BCUT2D eigenvalue weighted by molar-refractivity contribution is -0.137. The van der Waals surface area contributed by atoms with Crippen molar-refractivity contribution >= 4 is 11.8 Å². The van der Waals surface area contributed by atoms with Gasteiger partial charge in [-0.05, 0) is 54.9 Å². The summed E-state index contributed by atoms with van der Waals surface area (Å²) < 4.78 is 4.89. The van der Waals surface area contributed by atoms with E-state index in [1.54, 1.807) is 0 Å². The van der Waals surface area contributed by atoms with Gasteiger partial charge in [0.1, 0.15) is 5.57 Å². The smallest absolute Gasteiger partial charge is 0.341 e. The van der Waals surface area contributed by atoms with Crippen LogP contribution in [0.5, 0.6) is 0 Å². The van der Waals surface area contributed by atoms with Crippen molar-refractivity contribution in [2.45, 2.75) is 63.4 Å². The summed E-state index contributed by atoms with van der Waals surface area (Å²) in [6, 6.07) is 0. The first-order chi connectivity index (χ1) is 11.1. The van der Waals surface area contributed by atoms with Crippen molar-refractivity contribution in [3.05, 3.63) is 11.1 Å². The van der Waals surface area contributed by atoms with Crippen LogP contribution in [-0.4, -0.2) is 29.6 Å². The molecule has 0 bridgehead atoms. The van der Waals surface area contributed by atoms with Gasteiger partial charge in [-0.3, -0.25) is 4.79 Å². The molecule has 0 radical (unpaired) electrons. The zero-order valence-electron chi connectivity index (χ0n) is 13.8. The first-order valence-electron chi connectivity index (χ1n) is 9.16. The van der Waals surface area contributed by atoms with E-state index in [0.29, 0.717) is 11.8 Å². The monoisotopic (exact) mass is 318 g/mol. The van der Waals surface area contributed by atoms with Crippen molar-refractivity contribution < 1.29 is 19.4 Å². The fraction of sp³-hybridized carbons (Fsp3) is 0.789. The summed E-state index contributed by atoms with van der Waals surface area (Å²) in [6.07, 6.45) is 9.13. The van der Waals surface area contributed by atoms with Crippen LogP contribution in [0.1, 0.15) is 57.8 Å². The molecular weight excluding hydrogens is 292 g/mol. The molecule has 0 aromatic heterocycles. The number of hydrogen-bond donors (Lipinski definition) is 1. The van der Waals surface area contributed by atoms with E-state index < -0.39 is 11.6 Å². The van der Waals surface area contributed by atoms with Crippen molar-refractivity contribution in [1.29, 1.82) is 0 Å². The molecule has 4 heteroatoms. The van der Waals surface area contributed by atoms with Gasteiger partial charge in [0.2, 0.25) is 0 Å². The molecule has 23 heavy (non-hydrogen) atoms. The maximum Gasteiger partial charge on any atom is 0.341 e. The quantitative estimate of drug-likeness (QED) is 0.596. The number of fused-ring (bicyclic) bond motifs is 6. The van der Waals surface area contributed by atoms with Crippen molar-refractivity contribution in [2.24, 2.45) is 23.7 Å². The van der Waals surface area contributed by atoms with Gasteiger partial charge in [0.05, 0.1) is 12.7 Å². The topological polar surface area (TPSA) is 63.6 Å². The average Bonchev–Trinajstić information content (AvgIpc) is 2.86. The minimum absolute atomic E-state index is 0.0944. The van der Waals surface area contributed by atoms with Crippen LogP contribution in [0.3, 0.4) is 0 Å². The molecule has 3 fully saturated rings. The molecule has 4 aliphatic carbocycles. The van der Waals surface area contributed by atoms with Crippen LogP contribution in [0, 0.1) is 23.7 Å². The number of esters is 1. The van der Waals surface area contributed by atoms with E-state index in [1.807, 2.05) is 0 Å². The van der Waals surface area contributed by atoms with Gasteiger partial charge in [-0.1, -0.05) is 25.7 Å². The number of ether oxygens (including phenoxy) is 1. The second-order valence-electron chi connectivity index (χ2n) is 7.91. The molecule has 5 atom stereocenters. The Labute approximate surface area is 137 Å². The number of carbonyl (C=O) groups is 2. The Balaban J connectivity index is 1.87. The van der Waals surface area contributed by atoms with E-state index >= 15 is 0 Å². The lowest BCUT2D eigenvalue weighted by atomic mass is 9.51. The number of methoxy groups -OCH3 is 1. The highest BCUT2D eigenvalue weighted by Gasteiger charge is 2.61. The minimum Gasteiger partial charge on any atom is -0.465 e. The first kappa shape index (κ1) is 15.4. The number of rotatable bonds is 1. The van der Waals surface area contributed by atoms with Crippen LogP contribution in [0.25, 0.3) is 0 Å². The van der Waals surface area contributed by atoms with Crippen LogP contribution in [-0.2, 0) is 14.3 Å². The van der Waals surface area contributed by atoms with E-state index in [0.717, 1.165) is 31.3 Å². The summed E-state index contributed by atoms with van der Waals surface area (Å²) in [5, 5.41) is 11.5. The van der Waals surface area contributed by atoms with E-state index in [2.05, 4.69) is 0 Å². The number of hydrogen-bond acceptors (Lipinski definition) is 4. The van der Waals surface area contributed by atoms with Gasteiger partial charge in [-0.15, -0.1) is 0 Å². The fourth-order valence-corrected chi connectivity index (χ4v) is 6.25. The maximum atomic E-state index is 12.6. The highest BCUT2D eigenvalue weighted by molar-refractivity contribution is 6.20. The zero-order chi connectivity index (χ0) is 16.2. The molecule has 4 rings (SSSR count). The summed E-state index contributed by atoms with van der Waals surface area (Å²) in [6.45, 7) is 0. The molecule has 0 spiro atoms. The fourth-order valence-electron chi connectivity index (χ4n) is 6.25. The Kier molecular flexibility index (Phi) is 3.63. The second-order valence-corrected chi connectivity index (χ2v) is 7.91. The Morgan fingerprint density at radius 2 is 1.74 bits per heavy atom. The number of aliphatic hydroxyl groups is 1. The lowest BCUT2D eigenvalue weighted by Gasteiger charge is -2.55. The van der Waals surface area contributed by atoms with Crippen LogP contribution >= 0.6 is 0 Å². The van der Waals surface area contributed by atoms with E-state index in [-0.39, 0.29) is 29.6 Å². The molecule has 0 heterocycles. The van der Waals surface area contributed by atoms with Crippen molar-refractivity contribution in [1.82, 2.24) is 0 Å². The molecule has 3 saturated carbocycles. The van der Waals surface area contributed by atoms with E-state index in [1.165, 1.54) is 32.8 Å².